The number of aliphatic hydroxyl groups excluding tert-OH is 1. The molecule has 22 heavy (non-hydrogen) atoms. The second-order valence-corrected chi connectivity index (χ2v) is 5.04. The van der Waals surface area contributed by atoms with E-state index in [1.165, 1.54) is 12.1 Å². The smallest absolute Gasteiger partial charge is 0.391 e. The lowest BCUT2D eigenvalue weighted by molar-refractivity contribution is -0.145. The molecule has 0 saturated carbocycles. The molecule has 0 aromatic heterocycles. The Bertz CT molecular complexity index is 575. The predicted molar refractivity (Wildman–Crippen MR) is 71.9 cm³/mol. The molecular weight excluding hydrogens is 301 g/mol. The molecule has 2 amide bonds. The molecule has 1 aromatic carbocycles. The van der Waals surface area contributed by atoms with Gasteiger partial charge in [0.1, 0.15) is 0 Å². The van der Waals surface area contributed by atoms with Crippen molar-refractivity contribution in [3.8, 4) is 0 Å². The molecule has 1 fully saturated rings. The van der Waals surface area contributed by atoms with Crippen LogP contribution in [0.2, 0.25) is 0 Å². The fourth-order valence-corrected chi connectivity index (χ4v) is 2.30. The van der Waals surface area contributed by atoms with Crippen LogP contribution in [-0.4, -0.2) is 41.0 Å². The number of alkyl halides is 3. The molecule has 2 N–H and O–H groups in total. The van der Waals surface area contributed by atoms with E-state index in [4.69, 9.17) is 0 Å². The molecule has 1 heterocycles. The summed E-state index contributed by atoms with van der Waals surface area (Å²) in [6.07, 6.45) is -4.27. The fraction of sp³-hybridized carbons (Fsp3) is 0.429. The maximum atomic E-state index is 12.8. The van der Waals surface area contributed by atoms with Gasteiger partial charge in [-0.05, 0) is 25.0 Å². The molecule has 8 heteroatoms. The second kappa shape index (κ2) is 6.35. The van der Waals surface area contributed by atoms with Gasteiger partial charge in [-0.3, -0.25) is 9.59 Å². The van der Waals surface area contributed by atoms with E-state index in [1.54, 1.807) is 0 Å². The lowest BCUT2D eigenvalue weighted by atomic mass is 10.1. The number of carbonyl (C=O) groups is 2. The minimum absolute atomic E-state index is 0.00711. The summed E-state index contributed by atoms with van der Waals surface area (Å²) in [5.41, 5.74) is -1.49. The fourth-order valence-electron chi connectivity index (χ4n) is 2.30. The number of aliphatic hydroxyl groups is 1. The van der Waals surface area contributed by atoms with Gasteiger partial charge in [0.2, 0.25) is 0 Å². The van der Waals surface area contributed by atoms with Crippen LogP contribution in [-0.2, 0) is 15.8 Å². The molecule has 1 aromatic rings. The summed E-state index contributed by atoms with van der Waals surface area (Å²) in [6.45, 7) is 0.303. The SMILES string of the molecule is O=C(Nc1ccccc1C(F)(F)F)C(=O)N1CCCC(O)C1. The van der Waals surface area contributed by atoms with Crippen molar-refractivity contribution in [3.05, 3.63) is 29.8 Å². The van der Waals surface area contributed by atoms with Crippen LogP contribution in [0.3, 0.4) is 0 Å². The molecule has 0 spiro atoms. The number of carbonyl (C=O) groups excluding carboxylic acids is 2. The van der Waals surface area contributed by atoms with E-state index < -0.39 is 35.3 Å². The lowest BCUT2D eigenvalue weighted by Gasteiger charge is -2.29. The Kier molecular flexibility index (Phi) is 4.70. The van der Waals surface area contributed by atoms with E-state index in [0.717, 1.165) is 17.0 Å². The number of nitrogens with zero attached hydrogens (tertiary/aromatic N) is 1. The van der Waals surface area contributed by atoms with Gasteiger partial charge in [-0.1, -0.05) is 12.1 Å². The van der Waals surface area contributed by atoms with Crippen molar-refractivity contribution in [3.63, 3.8) is 0 Å². The maximum Gasteiger partial charge on any atom is 0.418 e. The third-order valence-electron chi connectivity index (χ3n) is 3.36. The van der Waals surface area contributed by atoms with Gasteiger partial charge < -0.3 is 15.3 Å². The molecule has 1 atom stereocenters. The largest absolute Gasteiger partial charge is 0.418 e. The number of benzene rings is 1. The van der Waals surface area contributed by atoms with E-state index in [2.05, 4.69) is 0 Å². The standard InChI is InChI=1S/C14H15F3N2O3/c15-14(16,17)10-5-1-2-6-11(10)18-12(21)13(22)19-7-3-4-9(20)8-19/h1-2,5-6,9,20H,3-4,7-8H2,(H,18,21). The molecule has 0 radical (unpaired) electrons. The average molecular weight is 316 g/mol. The van der Waals surface area contributed by atoms with Crippen LogP contribution in [0.25, 0.3) is 0 Å². The first-order chi connectivity index (χ1) is 10.3. The number of β-amino-alcohol motifs (C(OH)–C–C–N with tert-alkyl or cyclic N) is 1. The normalized spacial score (nSPS) is 18.9. The highest BCUT2D eigenvalue weighted by atomic mass is 19.4. The third kappa shape index (κ3) is 3.76. The molecule has 1 saturated heterocycles. The Balaban J connectivity index is 2.11. The first-order valence-corrected chi connectivity index (χ1v) is 6.73. The van der Waals surface area contributed by atoms with Gasteiger partial charge in [0.05, 0.1) is 17.4 Å². The number of hydrogen-bond acceptors (Lipinski definition) is 3. The van der Waals surface area contributed by atoms with Crippen LogP contribution < -0.4 is 5.32 Å². The first kappa shape index (κ1) is 16.3. The number of halogens is 3. The molecule has 1 unspecified atom stereocenters. The summed E-state index contributed by atoms with van der Waals surface area (Å²) in [5, 5.41) is 11.5. The number of anilines is 1. The summed E-state index contributed by atoms with van der Waals surface area (Å²) in [4.78, 5) is 24.9. The van der Waals surface area contributed by atoms with Crippen LogP contribution in [0, 0.1) is 0 Å². The minimum Gasteiger partial charge on any atom is -0.391 e. The monoisotopic (exact) mass is 316 g/mol. The molecule has 120 valence electrons. The topological polar surface area (TPSA) is 69.6 Å². The minimum atomic E-state index is -4.63. The Labute approximate surface area is 124 Å². The summed E-state index contributed by atoms with van der Waals surface area (Å²) in [5.74, 6) is -2.10. The first-order valence-electron chi connectivity index (χ1n) is 6.73. The molecule has 2 rings (SSSR count). The van der Waals surface area contributed by atoms with Crippen molar-refractivity contribution in [1.82, 2.24) is 4.90 Å². The summed E-state index contributed by atoms with van der Waals surface area (Å²) in [7, 11) is 0. The Morgan fingerprint density at radius 1 is 1.27 bits per heavy atom. The Hall–Kier alpha value is -2.09. The summed E-state index contributed by atoms with van der Waals surface area (Å²) < 4.78 is 38.5. The Morgan fingerprint density at radius 2 is 1.95 bits per heavy atom. The zero-order valence-electron chi connectivity index (χ0n) is 11.6. The number of hydrogen-bond donors (Lipinski definition) is 2. The van der Waals surface area contributed by atoms with E-state index in [-0.39, 0.29) is 6.54 Å². The van der Waals surface area contributed by atoms with Crippen molar-refractivity contribution >= 4 is 17.5 Å². The van der Waals surface area contributed by atoms with Gasteiger partial charge in [0.25, 0.3) is 0 Å². The number of likely N-dealkylation sites (tertiary alicyclic amines) is 1. The van der Waals surface area contributed by atoms with Crippen molar-refractivity contribution in [2.24, 2.45) is 0 Å². The molecule has 1 aliphatic heterocycles. The van der Waals surface area contributed by atoms with Crippen LogP contribution in [0.15, 0.2) is 24.3 Å². The zero-order chi connectivity index (χ0) is 16.3. The number of piperidine rings is 1. The van der Waals surface area contributed by atoms with Gasteiger partial charge in [0.15, 0.2) is 0 Å². The second-order valence-electron chi connectivity index (χ2n) is 5.04. The Morgan fingerprint density at radius 3 is 2.59 bits per heavy atom. The van der Waals surface area contributed by atoms with E-state index in [0.29, 0.717) is 19.4 Å². The van der Waals surface area contributed by atoms with Crippen LogP contribution >= 0.6 is 0 Å². The molecular formula is C14H15F3N2O3. The number of rotatable bonds is 1. The van der Waals surface area contributed by atoms with Crippen LogP contribution in [0.1, 0.15) is 18.4 Å². The molecule has 1 aliphatic rings. The van der Waals surface area contributed by atoms with Gasteiger partial charge in [-0.15, -0.1) is 0 Å². The van der Waals surface area contributed by atoms with Gasteiger partial charge in [-0.25, -0.2) is 0 Å². The summed E-state index contributed by atoms with van der Waals surface area (Å²) >= 11 is 0. The number of amides is 2. The van der Waals surface area contributed by atoms with E-state index in [1.807, 2.05) is 5.32 Å². The van der Waals surface area contributed by atoms with Gasteiger partial charge in [-0.2, -0.15) is 13.2 Å². The van der Waals surface area contributed by atoms with Crippen LogP contribution in [0.4, 0.5) is 18.9 Å². The zero-order valence-corrected chi connectivity index (χ0v) is 11.6. The molecule has 0 aliphatic carbocycles. The van der Waals surface area contributed by atoms with Gasteiger partial charge in [0, 0.05) is 13.1 Å². The molecule has 5 nitrogen and oxygen atoms in total. The van der Waals surface area contributed by atoms with Gasteiger partial charge >= 0.3 is 18.0 Å². The number of nitrogens with one attached hydrogen (secondary N) is 1. The quantitative estimate of drug-likeness (QED) is 0.774. The highest BCUT2D eigenvalue weighted by Crippen LogP contribution is 2.34. The predicted octanol–water partition coefficient (Wildman–Crippen LogP) is 1.63. The average Bonchev–Trinajstić information content (AvgIpc) is 2.46. The van der Waals surface area contributed by atoms with E-state index in [9.17, 15) is 27.9 Å². The van der Waals surface area contributed by atoms with Crippen molar-refractivity contribution in [2.75, 3.05) is 18.4 Å². The lowest BCUT2D eigenvalue weighted by Crippen LogP contribution is -2.46. The van der Waals surface area contributed by atoms with Crippen LogP contribution in [0.5, 0.6) is 0 Å². The van der Waals surface area contributed by atoms with E-state index >= 15 is 0 Å². The highest BCUT2D eigenvalue weighted by molar-refractivity contribution is 6.39. The number of para-hydroxylation sites is 1. The third-order valence-corrected chi connectivity index (χ3v) is 3.36. The maximum absolute atomic E-state index is 12.8. The highest BCUT2D eigenvalue weighted by Gasteiger charge is 2.34. The molecule has 0 bridgehead atoms. The summed E-state index contributed by atoms with van der Waals surface area (Å²) in [6, 6.07) is 4.44. The van der Waals surface area contributed by atoms with Crippen molar-refractivity contribution in [1.29, 1.82) is 0 Å². The van der Waals surface area contributed by atoms with Crippen molar-refractivity contribution < 1.29 is 27.9 Å². The van der Waals surface area contributed by atoms with Crippen molar-refractivity contribution in [2.45, 2.75) is 25.1 Å².